The summed E-state index contributed by atoms with van der Waals surface area (Å²) in [5.41, 5.74) is -0.492. The van der Waals surface area contributed by atoms with Gasteiger partial charge in [0.05, 0.1) is 16.6 Å². The normalized spacial score (nSPS) is 12.2. The maximum Gasteiger partial charge on any atom is 0.416 e. The molecule has 2 aromatic carbocycles. The molecule has 0 aliphatic carbocycles. The lowest BCUT2D eigenvalue weighted by Gasteiger charge is -2.18. The number of pyridine rings is 1. The van der Waals surface area contributed by atoms with Crippen molar-refractivity contribution >= 4 is 21.8 Å². The molecular formula is C20H21F3N2O2. The third-order valence-electron chi connectivity index (χ3n) is 4.67. The minimum Gasteiger partial charge on any atom is -0.492 e. The van der Waals surface area contributed by atoms with E-state index in [4.69, 9.17) is 4.74 Å². The highest BCUT2D eigenvalue weighted by atomic mass is 19.4. The number of likely N-dealkylation sites (N-methyl/N-ethyl adjacent to an activating group) is 1. The van der Waals surface area contributed by atoms with E-state index in [9.17, 15) is 18.0 Å². The topological polar surface area (TPSA) is 45.3 Å². The highest BCUT2D eigenvalue weighted by Gasteiger charge is 2.30. The third kappa shape index (κ3) is 4.08. The van der Waals surface area contributed by atoms with Crippen LogP contribution in [0.4, 0.5) is 13.2 Å². The molecule has 0 amide bonds. The largest absolute Gasteiger partial charge is 0.492 e. The number of alkyl halides is 3. The molecule has 3 aromatic rings. The van der Waals surface area contributed by atoms with Crippen molar-refractivity contribution in [3.05, 3.63) is 52.2 Å². The maximum atomic E-state index is 12.9. The monoisotopic (exact) mass is 378 g/mol. The molecule has 4 nitrogen and oxygen atoms in total. The molecule has 7 heteroatoms. The smallest absolute Gasteiger partial charge is 0.416 e. The van der Waals surface area contributed by atoms with Crippen molar-refractivity contribution in [3.63, 3.8) is 0 Å². The third-order valence-corrected chi connectivity index (χ3v) is 4.67. The molecule has 0 radical (unpaired) electrons. The molecule has 0 fully saturated rings. The standard InChI is InChI=1S/C20H21F3N2O2/c1-3-25(4-2)9-10-27-14-6-8-16-18(12-14)24-17-11-13(20(21,22)23)5-7-15(17)19(16)26/h5-8,11-12H,3-4,9-10H2,1-2H3,(H,24,26). The summed E-state index contributed by atoms with van der Waals surface area (Å²) in [6, 6.07) is 8.09. The molecular weight excluding hydrogens is 357 g/mol. The number of nitrogens with zero attached hydrogens (tertiary/aromatic N) is 1. The van der Waals surface area contributed by atoms with Crippen LogP contribution in [0.3, 0.4) is 0 Å². The van der Waals surface area contributed by atoms with Gasteiger partial charge in [-0.2, -0.15) is 13.2 Å². The van der Waals surface area contributed by atoms with Gasteiger partial charge in [0, 0.05) is 23.4 Å². The molecule has 0 unspecified atom stereocenters. The van der Waals surface area contributed by atoms with Crippen LogP contribution in [0.5, 0.6) is 5.75 Å². The van der Waals surface area contributed by atoms with E-state index in [0.29, 0.717) is 23.3 Å². The second-order valence-corrected chi connectivity index (χ2v) is 6.29. The molecule has 0 saturated carbocycles. The number of nitrogens with one attached hydrogen (secondary N) is 1. The van der Waals surface area contributed by atoms with E-state index in [1.807, 2.05) is 0 Å². The Morgan fingerprint density at radius 2 is 1.63 bits per heavy atom. The van der Waals surface area contributed by atoms with Crippen molar-refractivity contribution in [2.45, 2.75) is 20.0 Å². The molecule has 3 rings (SSSR count). The van der Waals surface area contributed by atoms with E-state index in [1.54, 1.807) is 18.2 Å². The SMILES string of the molecule is CCN(CC)CCOc1ccc2c(=O)c3ccc(C(F)(F)F)cc3[nH]c2c1. The predicted octanol–water partition coefficient (Wildman–Crippen LogP) is 4.42. The van der Waals surface area contributed by atoms with Gasteiger partial charge in [-0.15, -0.1) is 0 Å². The van der Waals surface area contributed by atoms with E-state index in [1.165, 1.54) is 6.07 Å². The van der Waals surface area contributed by atoms with Crippen molar-refractivity contribution in [2.24, 2.45) is 0 Å². The van der Waals surface area contributed by atoms with Gasteiger partial charge in [-0.1, -0.05) is 13.8 Å². The average Bonchev–Trinajstić information content (AvgIpc) is 2.64. The molecule has 1 heterocycles. The van der Waals surface area contributed by atoms with E-state index in [-0.39, 0.29) is 16.3 Å². The van der Waals surface area contributed by atoms with Crippen LogP contribution in [0.25, 0.3) is 21.8 Å². The Hall–Kier alpha value is -2.54. The van der Waals surface area contributed by atoms with Gasteiger partial charge < -0.3 is 14.6 Å². The first-order valence-corrected chi connectivity index (χ1v) is 8.85. The number of fused-ring (bicyclic) bond motifs is 2. The number of rotatable bonds is 6. The minimum absolute atomic E-state index is 0.155. The minimum atomic E-state index is -4.46. The number of aromatic nitrogens is 1. The van der Waals surface area contributed by atoms with Crippen LogP contribution < -0.4 is 10.2 Å². The number of ether oxygens (including phenoxy) is 1. The Labute approximate surface area is 154 Å². The van der Waals surface area contributed by atoms with Gasteiger partial charge in [0.15, 0.2) is 5.43 Å². The molecule has 0 aliphatic heterocycles. The summed E-state index contributed by atoms with van der Waals surface area (Å²) >= 11 is 0. The summed E-state index contributed by atoms with van der Waals surface area (Å²) in [6.07, 6.45) is -4.46. The number of benzene rings is 2. The summed E-state index contributed by atoms with van der Waals surface area (Å²) < 4.78 is 44.6. The Balaban J connectivity index is 1.95. The van der Waals surface area contributed by atoms with Crippen molar-refractivity contribution in [3.8, 4) is 5.75 Å². The van der Waals surface area contributed by atoms with E-state index < -0.39 is 11.7 Å². The molecule has 27 heavy (non-hydrogen) atoms. The van der Waals surface area contributed by atoms with Gasteiger partial charge in [0.2, 0.25) is 0 Å². The zero-order valence-electron chi connectivity index (χ0n) is 15.2. The van der Waals surface area contributed by atoms with Gasteiger partial charge in [-0.3, -0.25) is 4.79 Å². The van der Waals surface area contributed by atoms with Crippen molar-refractivity contribution in [1.29, 1.82) is 0 Å². The summed E-state index contributed by atoms with van der Waals surface area (Å²) in [4.78, 5) is 17.7. The zero-order valence-corrected chi connectivity index (χ0v) is 15.2. The van der Waals surface area contributed by atoms with Gasteiger partial charge in [0.25, 0.3) is 0 Å². The van der Waals surface area contributed by atoms with Crippen LogP contribution in [0.2, 0.25) is 0 Å². The van der Waals surface area contributed by atoms with Crippen molar-refractivity contribution < 1.29 is 17.9 Å². The molecule has 1 aromatic heterocycles. The van der Waals surface area contributed by atoms with Crippen molar-refractivity contribution in [1.82, 2.24) is 9.88 Å². The van der Waals surface area contributed by atoms with Crippen LogP contribution in [0.15, 0.2) is 41.2 Å². The van der Waals surface area contributed by atoms with E-state index in [0.717, 1.165) is 31.8 Å². The molecule has 0 aliphatic rings. The van der Waals surface area contributed by atoms with E-state index >= 15 is 0 Å². The van der Waals surface area contributed by atoms with Gasteiger partial charge in [-0.05, 0) is 43.4 Å². The summed E-state index contributed by atoms with van der Waals surface area (Å²) in [7, 11) is 0. The van der Waals surface area contributed by atoms with Crippen LogP contribution in [0, 0.1) is 0 Å². The Bertz CT molecular complexity index is 1010. The van der Waals surface area contributed by atoms with Crippen LogP contribution >= 0.6 is 0 Å². The second kappa shape index (κ2) is 7.60. The highest BCUT2D eigenvalue weighted by molar-refractivity contribution is 5.93. The van der Waals surface area contributed by atoms with Gasteiger partial charge >= 0.3 is 6.18 Å². The zero-order chi connectivity index (χ0) is 19.6. The summed E-state index contributed by atoms with van der Waals surface area (Å²) in [5, 5.41) is 0.643. The Kier molecular flexibility index (Phi) is 5.41. The van der Waals surface area contributed by atoms with Crippen LogP contribution in [-0.4, -0.2) is 36.1 Å². The second-order valence-electron chi connectivity index (χ2n) is 6.29. The van der Waals surface area contributed by atoms with Gasteiger partial charge in [-0.25, -0.2) is 0 Å². The number of H-pyrrole nitrogens is 1. The maximum absolute atomic E-state index is 12.9. The molecule has 1 N–H and O–H groups in total. The molecule has 144 valence electrons. The highest BCUT2D eigenvalue weighted by Crippen LogP contribution is 2.31. The molecule has 0 atom stereocenters. The van der Waals surface area contributed by atoms with Crippen LogP contribution in [-0.2, 0) is 6.18 Å². The Morgan fingerprint density at radius 3 is 2.26 bits per heavy atom. The number of hydrogen-bond donors (Lipinski definition) is 1. The molecule has 0 saturated heterocycles. The van der Waals surface area contributed by atoms with Crippen molar-refractivity contribution in [2.75, 3.05) is 26.2 Å². The quantitative estimate of drug-likeness (QED) is 0.646. The summed E-state index contributed by atoms with van der Waals surface area (Å²) in [6.45, 7) is 7.27. The lowest BCUT2D eigenvalue weighted by Crippen LogP contribution is -2.27. The van der Waals surface area contributed by atoms with E-state index in [2.05, 4.69) is 23.7 Å². The summed E-state index contributed by atoms with van der Waals surface area (Å²) in [5.74, 6) is 0.566. The fraction of sp³-hybridized carbons (Fsp3) is 0.350. The first-order chi connectivity index (χ1) is 12.8. The number of aromatic amines is 1. The first kappa shape index (κ1) is 19.2. The number of halogens is 3. The lowest BCUT2D eigenvalue weighted by atomic mass is 10.1. The van der Waals surface area contributed by atoms with Crippen LogP contribution in [0.1, 0.15) is 19.4 Å². The lowest BCUT2D eigenvalue weighted by molar-refractivity contribution is -0.137. The Morgan fingerprint density at radius 1 is 1.00 bits per heavy atom. The first-order valence-electron chi connectivity index (χ1n) is 8.85. The van der Waals surface area contributed by atoms with Gasteiger partial charge in [0.1, 0.15) is 12.4 Å². The molecule has 0 spiro atoms. The average molecular weight is 378 g/mol. The number of hydrogen-bond acceptors (Lipinski definition) is 3. The fourth-order valence-corrected chi connectivity index (χ4v) is 3.06. The predicted molar refractivity (Wildman–Crippen MR) is 100 cm³/mol. The molecule has 0 bridgehead atoms. The fourth-order valence-electron chi connectivity index (χ4n) is 3.06.